The van der Waals surface area contributed by atoms with Crippen LogP contribution in [0.15, 0.2) is 42.5 Å². The number of amides is 1. The monoisotopic (exact) mass is 621 g/mol. The number of aliphatic hydroxyl groups excluding tert-OH is 2. The van der Waals surface area contributed by atoms with Crippen LogP contribution in [-0.2, 0) is 16.6 Å². The van der Waals surface area contributed by atoms with Gasteiger partial charge in [0.1, 0.15) is 41.7 Å². The number of rotatable bonds is 12. The number of benzene rings is 3. The summed E-state index contributed by atoms with van der Waals surface area (Å²) in [6.45, 7) is 8.44. The zero-order valence-corrected chi connectivity index (χ0v) is 26.0. The molecule has 3 N–H and O–H groups in total. The van der Waals surface area contributed by atoms with Gasteiger partial charge in [0.15, 0.2) is 11.5 Å². The summed E-state index contributed by atoms with van der Waals surface area (Å²) in [5.41, 5.74) is 0.737. The predicted molar refractivity (Wildman–Crippen MR) is 165 cm³/mol. The van der Waals surface area contributed by atoms with E-state index >= 15 is 4.39 Å². The number of anilines is 1. The smallest absolute Gasteiger partial charge is 0.244 e. The van der Waals surface area contributed by atoms with Gasteiger partial charge in [-0.2, -0.15) is 0 Å². The zero-order chi connectivity index (χ0) is 31.9. The summed E-state index contributed by atoms with van der Waals surface area (Å²) >= 11 is 0. The van der Waals surface area contributed by atoms with E-state index < -0.39 is 29.3 Å². The van der Waals surface area contributed by atoms with Gasteiger partial charge in [-0.15, -0.1) is 0 Å². The van der Waals surface area contributed by atoms with Crippen molar-refractivity contribution in [1.82, 2.24) is 0 Å². The van der Waals surface area contributed by atoms with Gasteiger partial charge >= 0.3 is 0 Å². The highest BCUT2D eigenvalue weighted by Crippen LogP contribution is 2.56. The molecule has 0 saturated heterocycles. The Morgan fingerprint density at radius 2 is 1.42 bits per heavy atom. The van der Waals surface area contributed by atoms with E-state index in [0.717, 1.165) is 5.56 Å². The first-order valence-electron chi connectivity index (χ1n) is 15.5. The second kappa shape index (κ2) is 12.4. The van der Waals surface area contributed by atoms with E-state index in [1.807, 2.05) is 33.8 Å². The molecule has 0 saturated carbocycles. The molecule has 3 atom stereocenters. The van der Waals surface area contributed by atoms with Crippen LogP contribution < -0.4 is 29.0 Å². The molecule has 0 fully saturated rings. The van der Waals surface area contributed by atoms with Crippen LogP contribution in [0, 0.1) is 17.7 Å². The Balaban J connectivity index is 1.58. The molecule has 3 aliphatic rings. The third kappa shape index (κ3) is 5.89. The number of carbonyl (C=O) groups excluding carboxylic acids is 1. The molecular formula is C35H40FNO8. The standard InChI is InChI=1S/C35H40FNO8/c1-19(2)9-23(38)16-42-30-11-21-7-8-41-29(21)13-26(30)35(25-12-22(36)5-6-28(25)37-34(35)40)27-14-32-33(45-18-44-32)15-31(27)43-17-24(39)10-20(3)4/h5-6,11-15,19-20,23-24,38-39H,7-10,16-18H2,1-4H3,(H,37,40)/t23-,24-,35?/m1/s1. The number of aliphatic hydroxyl groups is 2. The summed E-state index contributed by atoms with van der Waals surface area (Å²) < 4.78 is 45.1. The number of halogens is 1. The average Bonchev–Trinajstić information content (AvgIpc) is 3.70. The molecule has 10 heteroatoms. The summed E-state index contributed by atoms with van der Waals surface area (Å²) in [6.07, 6.45) is 0.181. The molecule has 240 valence electrons. The van der Waals surface area contributed by atoms with Gasteiger partial charge in [0.2, 0.25) is 12.7 Å². The predicted octanol–water partition coefficient (Wildman–Crippen LogP) is 5.35. The van der Waals surface area contributed by atoms with E-state index in [0.29, 0.717) is 71.2 Å². The maximum Gasteiger partial charge on any atom is 0.244 e. The average molecular weight is 622 g/mol. The molecule has 6 rings (SSSR count). The summed E-state index contributed by atoms with van der Waals surface area (Å²) in [5.74, 6) is 1.52. The van der Waals surface area contributed by atoms with E-state index in [1.165, 1.54) is 18.2 Å². The number of hydrogen-bond acceptors (Lipinski definition) is 8. The Hall–Kier alpha value is -4.02. The lowest BCUT2D eigenvalue weighted by Gasteiger charge is -2.33. The lowest BCUT2D eigenvalue weighted by Crippen LogP contribution is -2.38. The minimum Gasteiger partial charge on any atom is -0.493 e. The fourth-order valence-electron chi connectivity index (χ4n) is 6.50. The van der Waals surface area contributed by atoms with Crippen LogP contribution in [0.2, 0.25) is 0 Å². The Labute approximate surface area is 262 Å². The molecule has 0 aromatic heterocycles. The van der Waals surface area contributed by atoms with Crippen molar-refractivity contribution in [2.75, 3.05) is 31.9 Å². The summed E-state index contributed by atoms with van der Waals surface area (Å²) in [6, 6.07) is 11.1. The van der Waals surface area contributed by atoms with Crippen LogP contribution in [0.3, 0.4) is 0 Å². The fraction of sp³-hybridized carbons (Fsp3) is 0.457. The molecule has 0 spiro atoms. The Bertz CT molecular complexity index is 1510. The van der Waals surface area contributed by atoms with Crippen LogP contribution in [0.25, 0.3) is 0 Å². The van der Waals surface area contributed by atoms with E-state index in [1.54, 1.807) is 18.2 Å². The van der Waals surface area contributed by atoms with Gasteiger partial charge in [-0.1, -0.05) is 27.7 Å². The lowest BCUT2D eigenvalue weighted by molar-refractivity contribution is -0.118. The first-order valence-corrected chi connectivity index (χ1v) is 15.5. The van der Waals surface area contributed by atoms with Gasteiger partial charge < -0.3 is 39.2 Å². The van der Waals surface area contributed by atoms with Crippen molar-refractivity contribution < 1.29 is 43.1 Å². The van der Waals surface area contributed by atoms with Crippen molar-refractivity contribution in [1.29, 1.82) is 0 Å². The number of ether oxygens (including phenoxy) is 5. The highest BCUT2D eigenvalue weighted by Gasteiger charge is 2.54. The lowest BCUT2D eigenvalue weighted by atomic mass is 9.69. The maximum absolute atomic E-state index is 15.1. The Morgan fingerprint density at radius 1 is 0.822 bits per heavy atom. The van der Waals surface area contributed by atoms with E-state index in [4.69, 9.17) is 23.7 Å². The van der Waals surface area contributed by atoms with Crippen molar-refractivity contribution in [3.63, 3.8) is 0 Å². The van der Waals surface area contributed by atoms with E-state index in [9.17, 15) is 15.0 Å². The summed E-state index contributed by atoms with van der Waals surface area (Å²) in [4.78, 5) is 14.6. The van der Waals surface area contributed by atoms with Crippen LogP contribution >= 0.6 is 0 Å². The largest absolute Gasteiger partial charge is 0.493 e. The van der Waals surface area contributed by atoms with Crippen molar-refractivity contribution in [2.45, 2.75) is 64.6 Å². The number of fused-ring (bicyclic) bond motifs is 3. The molecule has 0 bridgehead atoms. The molecule has 45 heavy (non-hydrogen) atoms. The van der Waals surface area contributed by atoms with Gasteiger partial charge in [0.05, 0.1) is 18.8 Å². The molecule has 9 nitrogen and oxygen atoms in total. The van der Waals surface area contributed by atoms with Gasteiger partial charge in [-0.3, -0.25) is 4.79 Å². The van der Waals surface area contributed by atoms with Crippen molar-refractivity contribution in [2.24, 2.45) is 11.8 Å². The van der Waals surface area contributed by atoms with Crippen LogP contribution in [0.1, 0.15) is 62.8 Å². The van der Waals surface area contributed by atoms with Crippen LogP contribution in [-0.4, -0.2) is 54.9 Å². The van der Waals surface area contributed by atoms with Crippen molar-refractivity contribution in [3.8, 4) is 28.7 Å². The molecule has 0 aliphatic carbocycles. The molecule has 1 amide bonds. The second-order valence-corrected chi connectivity index (χ2v) is 12.8. The second-order valence-electron chi connectivity index (χ2n) is 12.8. The zero-order valence-electron chi connectivity index (χ0n) is 26.0. The highest BCUT2D eigenvalue weighted by atomic mass is 19.1. The minimum atomic E-state index is -1.70. The van der Waals surface area contributed by atoms with E-state index in [2.05, 4.69) is 5.32 Å². The molecule has 3 aliphatic heterocycles. The van der Waals surface area contributed by atoms with E-state index in [-0.39, 0.29) is 37.6 Å². The SMILES string of the molecule is CC(C)C[C@@H](O)COc1cc2c(cc1C1(c3cc4c(cc3OC[C@H](O)CC(C)C)OCO4)C(=O)Nc3ccc(F)cc31)OCC2. The number of carbonyl (C=O) groups is 1. The van der Waals surface area contributed by atoms with Crippen LogP contribution in [0.4, 0.5) is 10.1 Å². The first kappa shape index (κ1) is 31.0. The number of hydrogen-bond donors (Lipinski definition) is 3. The highest BCUT2D eigenvalue weighted by molar-refractivity contribution is 6.12. The quantitative estimate of drug-likeness (QED) is 0.248. The normalized spacial score (nSPS) is 19.3. The Kier molecular flexibility index (Phi) is 8.54. The first-order chi connectivity index (χ1) is 21.6. The molecule has 3 heterocycles. The fourth-order valence-corrected chi connectivity index (χ4v) is 6.50. The molecule has 1 unspecified atom stereocenters. The molecule has 0 radical (unpaired) electrons. The third-order valence-corrected chi connectivity index (χ3v) is 8.40. The third-order valence-electron chi connectivity index (χ3n) is 8.40. The molecule has 3 aromatic rings. The minimum absolute atomic E-state index is 0.00950. The van der Waals surface area contributed by atoms with Crippen molar-refractivity contribution >= 4 is 11.6 Å². The van der Waals surface area contributed by atoms with Gasteiger partial charge in [0.25, 0.3) is 0 Å². The maximum atomic E-state index is 15.1. The van der Waals surface area contributed by atoms with Crippen molar-refractivity contribution in [3.05, 3.63) is 70.5 Å². The topological polar surface area (TPSA) is 116 Å². The van der Waals surface area contributed by atoms with Gasteiger partial charge in [-0.05, 0) is 61.1 Å². The Morgan fingerprint density at radius 3 is 2.07 bits per heavy atom. The summed E-state index contributed by atoms with van der Waals surface area (Å²) in [5, 5.41) is 24.4. The number of nitrogens with one attached hydrogen (secondary N) is 1. The van der Waals surface area contributed by atoms with Gasteiger partial charge in [0, 0.05) is 40.4 Å². The van der Waals surface area contributed by atoms with Crippen LogP contribution in [0.5, 0.6) is 28.7 Å². The summed E-state index contributed by atoms with van der Waals surface area (Å²) in [7, 11) is 0. The molecule has 3 aromatic carbocycles. The van der Waals surface area contributed by atoms with Gasteiger partial charge in [-0.25, -0.2) is 4.39 Å². The molecular weight excluding hydrogens is 581 g/mol.